The first-order valence-corrected chi connectivity index (χ1v) is 6.72. The Morgan fingerprint density at radius 2 is 2.18 bits per heavy atom. The molecule has 1 saturated heterocycles. The lowest BCUT2D eigenvalue weighted by Gasteiger charge is -2.38. The number of nitrogens with zero attached hydrogens (tertiary/aromatic N) is 3. The van der Waals surface area contributed by atoms with E-state index in [1.165, 1.54) is 5.69 Å². The Kier molecular flexibility index (Phi) is 3.61. The van der Waals surface area contributed by atoms with Crippen molar-refractivity contribution in [2.75, 3.05) is 19.7 Å². The highest BCUT2D eigenvalue weighted by molar-refractivity contribution is 9.10. The number of ether oxygens (including phenoxy) is 1. The summed E-state index contributed by atoms with van der Waals surface area (Å²) >= 11 is 3.62. The number of hydrogen-bond donors (Lipinski definition) is 0. The number of hydrogen-bond acceptors (Lipinski definition) is 3. The summed E-state index contributed by atoms with van der Waals surface area (Å²) in [4.78, 5) is 2.42. The van der Waals surface area contributed by atoms with E-state index in [9.17, 15) is 0 Å². The predicted octanol–water partition coefficient (Wildman–Crippen LogP) is 2.10. The molecule has 1 aliphatic heterocycles. The maximum atomic E-state index is 5.72. The Morgan fingerprint density at radius 3 is 2.71 bits per heavy atom. The van der Waals surface area contributed by atoms with Crippen LogP contribution in [0.1, 0.15) is 25.2 Å². The van der Waals surface area contributed by atoms with Gasteiger partial charge in [0.2, 0.25) is 0 Å². The number of halogens is 1. The molecule has 0 N–H and O–H groups in total. The van der Waals surface area contributed by atoms with E-state index in [-0.39, 0.29) is 5.60 Å². The molecule has 2 rings (SSSR count). The number of aromatic nitrogens is 2. The smallest absolute Gasteiger partial charge is 0.0753 e. The van der Waals surface area contributed by atoms with Crippen molar-refractivity contribution >= 4 is 15.9 Å². The molecule has 0 spiro atoms. The van der Waals surface area contributed by atoms with Gasteiger partial charge in [-0.1, -0.05) is 0 Å². The highest BCUT2D eigenvalue weighted by Gasteiger charge is 2.28. The first kappa shape index (κ1) is 13.1. The molecule has 0 aromatic carbocycles. The van der Waals surface area contributed by atoms with Crippen molar-refractivity contribution in [1.29, 1.82) is 0 Å². The van der Waals surface area contributed by atoms with Crippen molar-refractivity contribution in [1.82, 2.24) is 14.7 Å². The largest absolute Gasteiger partial charge is 0.373 e. The monoisotopic (exact) mass is 301 g/mol. The zero-order chi connectivity index (χ0) is 12.6. The van der Waals surface area contributed by atoms with Crippen molar-refractivity contribution in [3.63, 3.8) is 0 Å². The summed E-state index contributed by atoms with van der Waals surface area (Å²) in [7, 11) is 2.00. The molecule has 1 aliphatic rings. The standard InChI is InChI=1S/C12H20BrN3O/c1-9-11(13)10(15(4)14-9)7-16-5-6-17-12(2,3)8-16/h5-8H2,1-4H3. The average Bonchev–Trinajstić information content (AvgIpc) is 2.44. The summed E-state index contributed by atoms with van der Waals surface area (Å²) in [5, 5.41) is 4.42. The third-order valence-electron chi connectivity index (χ3n) is 3.14. The Hall–Kier alpha value is -0.390. The molecule has 0 radical (unpaired) electrons. The van der Waals surface area contributed by atoms with Gasteiger partial charge in [-0.3, -0.25) is 9.58 Å². The molecule has 2 heterocycles. The van der Waals surface area contributed by atoms with E-state index in [2.05, 4.69) is 39.8 Å². The van der Waals surface area contributed by atoms with Gasteiger partial charge >= 0.3 is 0 Å². The molecule has 4 nitrogen and oxygen atoms in total. The van der Waals surface area contributed by atoms with Crippen LogP contribution in [-0.2, 0) is 18.3 Å². The highest BCUT2D eigenvalue weighted by Crippen LogP contribution is 2.24. The molecule has 0 amide bonds. The molecule has 5 heteroatoms. The zero-order valence-electron chi connectivity index (χ0n) is 11.0. The van der Waals surface area contributed by atoms with E-state index in [4.69, 9.17) is 4.74 Å². The lowest BCUT2D eigenvalue weighted by atomic mass is 10.1. The van der Waals surface area contributed by atoms with Gasteiger partial charge in [-0.05, 0) is 36.7 Å². The fourth-order valence-electron chi connectivity index (χ4n) is 2.31. The second-order valence-corrected chi connectivity index (χ2v) is 6.08. The van der Waals surface area contributed by atoms with Crippen molar-refractivity contribution < 1.29 is 4.74 Å². The summed E-state index contributed by atoms with van der Waals surface area (Å²) in [6, 6.07) is 0. The molecule has 0 saturated carbocycles. The van der Waals surface area contributed by atoms with Crippen LogP contribution in [0.15, 0.2) is 4.47 Å². The zero-order valence-corrected chi connectivity index (χ0v) is 12.5. The van der Waals surface area contributed by atoms with Crippen molar-refractivity contribution in [2.24, 2.45) is 7.05 Å². The molecule has 1 aromatic rings. The molecular weight excluding hydrogens is 282 g/mol. The van der Waals surface area contributed by atoms with Gasteiger partial charge in [-0.15, -0.1) is 0 Å². The van der Waals surface area contributed by atoms with Crippen LogP contribution in [0.25, 0.3) is 0 Å². The van der Waals surface area contributed by atoms with E-state index >= 15 is 0 Å². The van der Waals surface area contributed by atoms with Gasteiger partial charge in [-0.2, -0.15) is 5.10 Å². The van der Waals surface area contributed by atoms with E-state index in [0.717, 1.165) is 36.4 Å². The van der Waals surface area contributed by atoms with E-state index in [0.29, 0.717) is 0 Å². The molecule has 17 heavy (non-hydrogen) atoms. The van der Waals surface area contributed by atoms with Gasteiger partial charge in [0.15, 0.2) is 0 Å². The normalized spacial score (nSPS) is 20.8. The third-order valence-corrected chi connectivity index (χ3v) is 4.17. The van der Waals surface area contributed by atoms with E-state index < -0.39 is 0 Å². The third kappa shape index (κ3) is 2.89. The Labute approximate surface area is 111 Å². The maximum Gasteiger partial charge on any atom is 0.0753 e. The Balaban J connectivity index is 2.10. The first-order chi connectivity index (χ1) is 7.89. The molecular formula is C12H20BrN3O. The molecule has 1 fully saturated rings. The summed E-state index contributed by atoms with van der Waals surface area (Å²) in [5.74, 6) is 0. The minimum atomic E-state index is -0.0433. The maximum absolute atomic E-state index is 5.72. The van der Waals surface area contributed by atoms with Gasteiger partial charge in [0.05, 0.1) is 28.1 Å². The van der Waals surface area contributed by atoms with Crippen LogP contribution >= 0.6 is 15.9 Å². The number of rotatable bonds is 2. The van der Waals surface area contributed by atoms with Gasteiger partial charge in [0.1, 0.15) is 0 Å². The quantitative estimate of drug-likeness (QED) is 0.838. The second-order valence-electron chi connectivity index (χ2n) is 5.29. The highest BCUT2D eigenvalue weighted by atomic mass is 79.9. The topological polar surface area (TPSA) is 30.3 Å². The fourth-order valence-corrected chi connectivity index (χ4v) is 2.77. The predicted molar refractivity (Wildman–Crippen MR) is 71.0 cm³/mol. The average molecular weight is 302 g/mol. The van der Waals surface area contributed by atoms with Gasteiger partial charge in [-0.25, -0.2) is 0 Å². The summed E-state index contributed by atoms with van der Waals surface area (Å²) < 4.78 is 8.81. The summed E-state index contributed by atoms with van der Waals surface area (Å²) in [6.07, 6.45) is 0. The van der Waals surface area contributed by atoms with Crippen LogP contribution in [0.5, 0.6) is 0 Å². The number of morpholine rings is 1. The minimum Gasteiger partial charge on any atom is -0.373 e. The summed E-state index contributed by atoms with van der Waals surface area (Å²) in [6.45, 7) is 9.98. The summed E-state index contributed by atoms with van der Waals surface area (Å²) in [5.41, 5.74) is 2.24. The Morgan fingerprint density at radius 1 is 1.47 bits per heavy atom. The van der Waals surface area contributed by atoms with Crippen LogP contribution in [0.4, 0.5) is 0 Å². The SMILES string of the molecule is Cc1nn(C)c(CN2CCOC(C)(C)C2)c1Br. The van der Waals surface area contributed by atoms with Gasteiger partial charge in [0, 0.05) is 26.7 Å². The second kappa shape index (κ2) is 4.71. The molecule has 0 aliphatic carbocycles. The van der Waals surface area contributed by atoms with Crippen LogP contribution in [0.2, 0.25) is 0 Å². The molecule has 1 aromatic heterocycles. The van der Waals surface area contributed by atoms with Crippen molar-refractivity contribution in [3.8, 4) is 0 Å². The van der Waals surface area contributed by atoms with Crippen LogP contribution < -0.4 is 0 Å². The fraction of sp³-hybridized carbons (Fsp3) is 0.750. The Bertz CT molecular complexity index is 414. The van der Waals surface area contributed by atoms with Crippen LogP contribution in [0, 0.1) is 6.92 Å². The van der Waals surface area contributed by atoms with Gasteiger partial charge in [0.25, 0.3) is 0 Å². The van der Waals surface area contributed by atoms with Gasteiger partial charge < -0.3 is 4.74 Å². The molecule has 0 unspecified atom stereocenters. The first-order valence-electron chi connectivity index (χ1n) is 5.93. The molecule has 0 atom stereocenters. The minimum absolute atomic E-state index is 0.0433. The molecule has 0 bridgehead atoms. The number of aryl methyl sites for hydroxylation is 2. The lowest BCUT2D eigenvalue weighted by Crippen LogP contribution is -2.47. The van der Waals surface area contributed by atoms with E-state index in [1.54, 1.807) is 0 Å². The van der Waals surface area contributed by atoms with Crippen molar-refractivity contribution in [3.05, 3.63) is 15.9 Å². The molecule has 96 valence electrons. The van der Waals surface area contributed by atoms with Crippen LogP contribution in [-0.4, -0.2) is 40.0 Å². The van der Waals surface area contributed by atoms with Crippen molar-refractivity contribution in [2.45, 2.75) is 32.9 Å². The van der Waals surface area contributed by atoms with Crippen LogP contribution in [0.3, 0.4) is 0 Å². The van der Waals surface area contributed by atoms with E-state index in [1.807, 2.05) is 18.7 Å². The lowest BCUT2D eigenvalue weighted by molar-refractivity contribution is -0.0887.